The van der Waals surface area contributed by atoms with Crippen LogP contribution in [-0.2, 0) is 0 Å². The minimum atomic E-state index is 0.799. The van der Waals surface area contributed by atoms with E-state index in [-0.39, 0.29) is 0 Å². The highest BCUT2D eigenvalue weighted by atomic mass is 16.5. The Morgan fingerprint density at radius 3 is 2.56 bits per heavy atom. The van der Waals surface area contributed by atoms with E-state index >= 15 is 0 Å². The Morgan fingerprint density at radius 2 is 1.94 bits per heavy atom. The summed E-state index contributed by atoms with van der Waals surface area (Å²) >= 11 is 0. The normalized spacial score (nSPS) is 9.50. The number of rotatable bonds is 2. The molecule has 1 heterocycles. The maximum Gasteiger partial charge on any atom is 0.118 e. The van der Waals surface area contributed by atoms with Gasteiger partial charge in [0.05, 0.1) is 12.7 Å². The Labute approximate surface area is 94.9 Å². The highest BCUT2D eigenvalue weighted by molar-refractivity contribution is 5.70. The Kier molecular flexibility index (Phi) is 2.88. The van der Waals surface area contributed by atoms with Gasteiger partial charge < -0.3 is 4.74 Å². The smallest absolute Gasteiger partial charge is 0.118 e. The number of hydrogen-bond donors (Lipinski definition) is 0. The minimum Gasteiger partial charge on any atom is -0.497 e. The second kappa shape index (κ2) is 4.50. The molecule has 0 aliphatic carbocycles. The predicted octanol–water partition coefficient (Wildman–Crippen LogP) is 2.74. The highest BCUT2D eigenvalue weighted by Gasteiger charge is 2.02. The molecule has 0 unspecified atom stereocenters. The summed E-state index contributed by atoms with van der Waals surface area (Å²) in [6.45, 7) is 0. The number of methoxy groups -OCH3 is 1. The van der Waals surface area contributed by atoms with Crippen LogP contribution in [0, 0.1) is 12.3 Å². The van der Waals surface area contributed by atoms with Gasteiger partial charge >= 0.3 is 0 Å². The van der Waals surface area contributed by atoms with Gasteiger partial charge in [-0.05, 0) is 23.8 Å². The molecule has 0 aliphatic rings. The number of aromatic nitrogens is 1. The van der Waals surface area contributed by atoms with E-state index in [0.717, 1.165) is 22.4 Å². The van der Waals surface area contributed by atoms with Gasteiger partial charge in [0.2, 0.25) is 0 Å². The van der Waals surface area contributed by atoms with E-state index in [1.54, 1.807) is 19.5 Å². The first-order chi connectivity index (χ1) is 7.85. The van der Waals surface area contributed by atoms with Crippen LogP contribution in [-0.4, -0.2) is 12.1 Å². The fourth-order valence-corrected chi connectivity index (χ4v) is 1.53. The van der Waals surface area contributed by atoms with Crippen molar-refractivity contribution in [3.8, 4) is 29.2 Å². The molecule has 0 saturated heterocycles. The summed E-state index contributed by atoms with van der Waals surface area (Å²) in [7, 11) is 1.65. The number of benzene rings is 1. The molecular weight excluding hydrogens is 198 g/mol. The Morgan fingerprint density at radius 1 is 1.19 bits per heavy atom. The summed E-state index contributed by atoms with van der Waals surface area (Å²) in [5, 5.41) is 0. The van der Waals surface area contributed by atoms with Crippen molar-refractivity contribution < 1.29 is 4.74 Å². The van der Waals surface area contributed by atoms with Gasteiger partial charge in [0.15, 0.2) is 0 Å². The van der Waals surface area contributed by atoms with E-state index in [4.69, 9.17) is 11.2 Å². The zero-order valence-electron chi connectivity index (χ0n) is 8.97. The van der Waals surface area contributed by atoms with Crippen LogP contribution in [0.4, 0.5) is 0 Å². The third kappa shape index (κ3) is 1.89. The number of nitrogens with zero attached hydrogens (tertiary/aromatic N) is 1. The third-order valence-corrected chi connectivity index (χ3v) is 2.38. The van der Waals surface area contributed by atoms with Gasteiger partial charge in [-0.25, -0.2) is 0 Å². The van der Waals surface area contributed by atoms with Crippen molar-refractivity contribution in [3.63, 3.8) is 0 Å². The van der Waals surface area contributed by atoms with Gasteiger partial charge in [0.1, 0.15) is 5.75 Å². The summed E-state index contributed by atoms with van der Waals surface area (Å²) in [5.74, 6) is 3.46. The Hall–Kier alpha value is -2.27. The molecule has 2 nitrogen and oxygen atoms in total. The molecule has 16 heavy (non-hydrogen) atoms. The summed E-state index contributed by atoms with van der Waals surface area (Å²) in [5.41, 5.74) is 2.88. The molecule has 0 saturated carbocycles. The van der Waals surface area contributed by atoms with Crippen LogP contribution >= 0.6 is 0 Å². The molecule has 0 spiro atoms. The van der Waals surface area contributed by atoms with Crippen molar-refractivity contribution in [2.75, 3.05) is 7.11 Å². The van der Waals surface area contributed by atoms with Gasteiger partial charge in [0, 0.05) is 18.0 Å². The molecular formula is C14H11NO. The van der Waals surface area contributed by atoms with E-state index in [1.807, 2.05) is 30.3 Å². The minimum absolute atomic E-state index is 0.799. The van der Waals surface area contributed by atoms with Crippen molar-refractivity contribution in [3.05, 3.63) is 48.3 Å². The van der Waals surface area contributed by atoms with Crippen molar-refractivity contribution in [1.82, 2.24) is 4.98 Å². The number of pyridine rings is 1. The lowest BCUT2D eigenvalue weighted by atomic mass is 10.0. The lowest BCUT2D eigenvalue weighted by molar-refractivity contribution is 0.415. The third-order valence-electron chi connectivity index (χ3n) is 2.38. The molecule has 0 atom stereocenters. The van der Waals surface area contributed by atoms with Crippen LogP contribution in [0.3, 0.4) is 0 Å². The monoisotopic (exact) mass is 209 g/mol. The summed E-state index contributed by atoms with van der Waals surface area (Å²) < 4.78 is 5.11. The molecule has 2 aromatic rings. The molecule has 1 aromatic heterocycles. The number of terminal acetylenes is 1. The summed E-state index contributed by atoms with van der Waals surface area (Å²) in [6, 6.07) is 9.70. The number of hydrogen-bond acceptors (Lipinski definition) is 2. The lowest BCUT2D eigenvalue weighted by Gasteiger charge is -2.05. The molecule has 2 heteroatoms. The summed E-state index contributed by atoms with van der Waals surface area (Å²) in [4.78, 5) is 4.01. The maximum atomic E-state index is 5.43. The Balaban J connectivity index is 2.47. The van der Waals surface area contributed by atoms with Gasteiger partial charge in [-0.1, -0.05) is 18.1 Å². The number of ether oxygens (including phenoxy) is 1. The first kappa shape index (κ1) is 10.3. The second-order valence-corrected chi connectivity index (χ2v) is 3.29. The molecule has 1 aromatic carbocycles. The van der Waals surface area contributed by atoms with Gasteiger partial charge in [-0.2, -0.15) is 0 Å². The van der Waals surface area contributed by atoms with Gasteiger partial charge in [0.25, 0.3) is 0 Å². The molecule has 0 N–H and O–H groups in total. The van der Waals surface area contributed by atoms with Crippen LogP contribution < -0.4 is 4.74 Å². The van der Waals surface area contributed by atoms with Crippen molar-refractivity contribution in [1.29, 1.82) is 0 Å². The van der Waals surface area contributed by atoms with Gasteiger partial charge in [-0.15, -0.1) is 6.42 Å². The molecule has 0 bridgehead atoms. The SMILES string of the molecule is C#Cc1cnccc1-c1ccc(OC)cc1. The fourth-order valence-electron chi connectivity index (χ4n) is 1.53. The maximum absolute atomic E-state index is 5.43. The lowest BCUT2D eigenvalue weighted by Crippen LogP contribution is -1.86. The molecule has 0 radical (unpaired) electrons. The van der Waals surface area contributed by atoms with Crippen LogP contribution in [0.25, 0.3) is 11.1 Å². The molecule has 0 fully saturated rings. The average molecular weight is 209 g/mol. The average Bonchev–Trinajstić information content (AvgIpc) is 2.39. The van der Waals surface area contributed by atoms with E-state index < -0.39 is 0 Å². The van der Waals surface area contributed by atoms with E-state index in [0.29, 0.717) is 0 Å². The quantitative estimate of drug-likeness (QED) is 0.709. The largest absolute Gasteiger partial charge is 0.497 e. The fraction of sp³-hybridized carbons (Fsp3) is 0.0714. The second-order valence-electron chi connectivity index (χ2n) is 3.29. The van der Waals surface area contributed by atoms with Crippen LogP contribution in [0.1, 0.15) is 5.56 Å². The summed E-state index contributed by atoms with van der Waals surface area (Å²) in [6.07, 6.45) is 8.86. The topological polar surface area (TPSA) is 22.1 Å². The van der Waals surface area contributed by atoms with Crippen LogP contribution in [0.5, 0.6) is 5.75 Å². The molecule has 0 amide bonds. The van der Waals surface area contributed by atoms with Crippen LogP contribution in [0.15, 0.2) is 42.7 Å². The van der Waals surface area contributed by atoms with Crippen molar-refractivity contribution in [2.45, 2.75) is 0 Å². The highest BCUT2D eigenvalue weighted by Crippen LogP contribution is 2.24. The van der Waals surface area contributed by atoms with Crippen molar-refractivity contribution >= 4 is 0 Å². The molecule has 78 valence electrons. The van der Waals surface area contributed by atoms with E-state index in [2.05, 4.69) is 10.9 Å². The first-order valence-corrected chi connectivity index (χ1v) is 4.90. The van der Waals surface area contributed by atoms with Crippen molar-refractivity contribution in [2.24, 2.45) is 0 Å². The standard InChI is InChI=1S/C14H11NO/c1-3-11-10-15-9-8-14(11)12-4-6-13(16-2)7-5-12/h1,4-10H,2H3. The molecule has 0 aliphatic heterocycles. The zero-order chi connectivity index (χ0) is 11.4. The first-order valence-electron chi connectivity index (χ1n) is 4.90. The molecule has 2 rings (SSSR count). The zero-order valence-corrected chi connectivity index (χ0v) is 8.97. The van der Waals surface area contributed by atoms with Crippen LogP contribution in [0.2, 0.25) is 0 Å². The van der Waals surface area contributed by atoms with E-state index in [1.165, 1.54) is 0 Å². The van der Waals surface area contributed by atoms with E-state index in [9.17, 15) is 0 Å². The predicted molar refractivity (Wildman–Crippen MR) is 64.2 cm³/mol. The Bertz CT molecular complexity index is 523. The van der Waals surface area contributed by atoms with Gasteiger partial charge in [-0.3, -0.25) is 4.98 Å².